The van der Waals surface area contributed by atoms with E-state index in [2.05, 4.69) is 22.1 Å². The van der Waals surface area contributed by atoms with Gasteiger partial charge in [-0.1, -0.05) is 30.3 Å². The Morgan fingerprint density at radius 2 is 1.02 bits per heavy atom. The molecular formula is C37H26N4O4. The third-order valence-electron chi connectivity index (χ3n) is 6.93. The van der Waals surface area contributed by atoms with E-state index >= 15 is 0 Å². The SMILES string of the molecule is N#Cc1c[nH]c2ccc(Oc3ccc(O)cc3)cc12.N#Cc1c[nH]c2ccc(Oc3ccc(OCc4ccccc4)cc3)cc12. The van der Waals surface area contributed by atoms with Crippen molar-refractivity contribution in [2.75, 3.05) is 0 Å². The zero-order valence-corrected chi connectivity index (χ0v) is 23.9. The van der Waals surface area contributed by atoms with E-state index in [1.165, 1.54) is 0 Å². The fraction of sp³-hybridized carbons (Fsp3) is 0.0270. The topological polar surface area (TPSA) is 127 Å². The van der Waals surface area contributed by atoms with Gasteiger partial charge in [-0.05, 0) is 90.5 Å². The number of aromatic hydroxyl groups is 1. The van der Waals surface area contributed by atoms with Crippen molar-refractivity contribution in [2.45, 2.75) is 6.61 Å². The zero-order chi connectivity index (χ0) is 31.0. The van der Waals surface area contributed by atoms with E-state index in [-0.39, 0.29) is 5.75 Å². The number of nitrogens with zero attached hydrogens (tertiary/aromatic N) is 2. The maximum absolute atomic E-state index is 9.21. The van der Waals surface area contributed by atoms with Gasteiger partial charge in [0.2, 0.25) is 0 Å². The van der Waals surface area contributed by atoms with E-state index in [1.807, 2.05) is 91.0 Å². The molecular weight excluding hydrogens is 564 g/mol. The Labute approximate surface area is 258 Å². The van der Waals surface area contributed by atoms with Gasteiger partial charge in [-0.25, -0.2) is 0 Å². The molecule has 0 atom stereocenters. The van der Waals surface area contributed by atoms with Crippen LogP contribution in [0.2, 0.25) is 0 Å². The van der Waals surface area contributed by atoms with Crippen LogP contribution in [0.5, 0.6) is 34.5 Å². The summed E-state index contributed by atoms with van der Waals surface area (Å²) < 4.78 is 17.3. The fourth-order valence-corrected chi connectivity index (χ4v) is 4.64. The summed E-state index contributed by atoms with van der Waals surface area (Å²) in [6.07, 6.45) is 3.38. The maximum Gasteiger partial charge on any atom is 0.128 e. The van der Waals surface area contributed by atoms with E-state index < -0.39 is 0 Å². The first-order chi connectivity index (χ1) is 22.1. The molecule has 5 aromatic carbocycles. The Hall–Kier alpha value is -6.64. The Balaban J connectivity index is 0.000000167. The Kier molecular flexibility index (Phi) is 8.30. The highest BCUT2D eigenvalue weighted by Crippen LogP contribution is 2.29. The first-order valence-corrected chi connectivity index (χ1v) is 14.0. The second-order valence-corrected chi connectivity index (χ2v) is 9.99. The van der Waals surface area contributed by atoms with Crippen molar-refractivity contribution in [3.05, 3.63) is 144 Å². The van der Waals surface area contributed by atoms with E-state index in [4.69, 9.17) is 24.7 Å². The predicted octanol–water partition coefficient (Wildman–Crippen LogP) is 8.95. The average Bonchev–Trinajstić information content (AvgIpc) is 3.69. The van der Waals surface area contributed by atoms with Crippen molar-refractivity contribution < 1.29 is 19.3 Å². The van der Waals surface area contributed by atoms with E-state index in [0.717, 1.165) is 33.1 Å². The average molecular weight is 591 g/mol. The molecule has 0 radical (unpaired) electrons. The van der Waals surface area contributed by atoms with E-state index in [1.54, 1.807) is 36.7 Å². The van der Waals surface area contributed by atoms with Crippen molar-refractivity contribution in [3.8, 4) is 46.6 Å². The molecule has 2 heterocycles. The number of H-pyrrole nitrogens is 2. The van der Waals surface area contributed by atoms with Crippen LogP contribution < -0.4 is 14.2 Å². The van der Waals surface area contributed by atoms with E-state index in [0.29, 0.717) is 40.7 Å². The number of nitrogens with one attached hydrogen (secondary N) is 2. The minimum absolute atomic E-state index is 0.195. The molecule has 0 aliphatic rings. The molecule has 8 heteroatoms. The van der Waals surface area contributed by atoms with Gasteiger partial charge in [-0.15, -0.1) is 0 Å². The number of ether oxygens (including phenoxy) is 3. The lowest BCUT2D eigenvalue weighted by Crippen LogP contribution is -1.94. The van der Waals surface area contributed by atoms with Crippen molar-refractivity contribution in [3.63, 3.8) is 0 Å². The van der Waals surface area contributed by atoms with Gasteiger partial charge in [-0.3, -0.25) is 0 Å². The zero-order valence-electron chi connectivity index (χ0n) is 23.9. The second-order valence-electron chi connectivity index (χ2n) is 9.99. The molecule has 8 nitrogen and oxygen atoms in total. The smallest absolute Gasteiger partial charge is 0.128 e. The number of rotatable bonds is 7. The lowest BCUT2D eigenvalue weighted by molar-refractivity contribution is 0.306. The van der Waals surface area contributed by atoms with Gasteiger partial charge >= 0.3 is 0 Å². The third kappa shape index (κ3) is 6.89. The van der Waals surface area contributed by atoms with Crippen LogP contribution in [0, 0.1) is 22.7 Å². The highest BCUT2D eigenvalue weighted by Gasteiger charge is 2.07. The summed E-state index contributed by atoms with van der Waals surface area (Å²) in [5.74, 6) is 3.66. The van der Waals surface area contributed by atoms with Gasteiger partial charge in [0.05, 0.1) is 11.1 Å². The number of nitriles is 2. The largest absolute Gasteiger partial charge is 0.508 e. The molecule has 218 valence electrons. The molecule has 0 amide bonds. The van der Waals surface area contributed by atoms with Crippen molar-refractivity contribution in [1.82, 2.24) is 9.97 Å². The van der Waals surface area contributed by atoms with Crippen LogP contribution in [0.1, 0.15) is 16.7 Å². The van der Waals surface area contributed by atoms with Crippen molar-refractivity contribution in [1.29, 1.82) is 10.5 Å². The molecule has 0 aliphatic heterocycles. The summed E-state index contributed by atoms with van der Waals surface area (Å²) in [7, 11) is 0. The molecule has 0 fully saturated rings. The molecule has 0 aliphatic carbocycles. The van der Waals surface area contributed by atoms with Crippen LogP contribution >= 0.6 is 0 Å². The molecule has 45 heavy (non-hydrogen) atoms. The highest BCUT2D eigenvalue weighted by molar-refractivity contribution is 5.87. The summed E-state index contributed by atoms with van der Waals surface area (Å²) in [6, 6.07) is 39.5. The van der Waals surface area contributed by atoms with Crippen LogP contribution in [0.4, 0.5) is 0 Å². The minimum Gasteiger partial charge on any atom is -0.508 e. The number of benzene rings is 5. The van der Waals surface area contributed by atoms with Crippen molar-refractivity contribution >= 4 is 21.8 Å². The van der Waals surface area contributed by atoms with Crippen LogP contribution in [0.3, 0.4) is 0 Å². The number of hydrogen-bond donors (Lipinski definition) is 3. The lowest BCUT2D eigenvalue weighted by Gasteiger charge is -2.09. The van der Waals surface area contributed by atoms with Crippen LogP contribution in [-0.2, 0) is 6.61 Å². The number of phenolic OH excluding ortho intramolecular Hbond substituents is 1. The second kappa shape index (κ2) is 13.1. The molecule has 0 saturated carbocycles. The molecule has 0 unspecified atom stereocenters. The predicted molar refractivity (Wildman–Crippen MR) is 171 cm³/mol. The van der Waals surface area contributed by atoms with Crippen molar-refractivity contribution in [2.24, 2.45) is 0 Å². The normalized spacial score (nSPS) is 10.4. The molecule has 0 bridgehead atoms. The first kappa shape index (κ1) is 28.5. The first-order valence-electron chi connectivity index (χ1n) is 14.0. The molecule has 2 aromatic heterocycles. The quantitative estimate of drug-likeness (QED) is 0.170. The van der Waals surface area contributed by atoms with Crippen LogP contribution in [0.25, 0.3) is 21.8 Å². The molecule has 0 spiro atoms. The molecule has 3 N–H and O–H groups in total. The monoisotopic (exact) mass is 590 g/mol. The number of phenols is 1. The summed E-state index contributed by atoms with van der Waals surface area (Å²) in [6.45, 7) is 0.530. The van der Waals surface area contributed by atoms with Gasteiger partial charge in [0.1, 0.15) is 53.2 Å². The number of aromatic nitrogens is 2. The molecule has 0 saturated heterocycles. The molecule has 7 rings (SSSR count). The molecule has 7 aromatic rings. The Bertz CT molecular complexity index is 2140. The summed E-state index contributed by atoms with van der Waals surface area (Å²) >= 11 is 0. The summed E-state index contributed by atoms with van der Waals surface area (Å²) in [4.78, 5) is 6.10. The van der Waals surface area contributed by atoms with Crippen LogP contribution in [0.15, 0.2) is 128 Å². The lowest BCUT2D eigenvalue weighted by atomic mass is 10.2. The Morgan fingerprint density at radius 1 is 0.556 bits per heavy atom. The van der Waals surface area contributed by atoms with Gasteiger partial charge in [0.25, 0.3) is 0 Å². The number of fused-ring (bicyclic) bond motifs is 2. The fourth-order valence-electron chi connectivity index (χ4n) is 4.64. The van der Waals surface area contributed by atoms with Gasteiger partial charge < -0.3 is 29.3 Å². The third-order valence-corrected chi connectivity index (χ3v) is 6.93. The maximum atomic E-state index is 9.21. The number of aromatic amines is 2. The number of hydrogen-bond acceptors (Lipinski definition) is 6. The summed E-state index contributed by atoms with van der Waals surface area (Å²) in [5, 5.41) is 29.0. The summed E-state index contributed by atoms with van der Waals surface area (Å²) in [5.41, 5.74) is 4.13. The minimum atomic E-state index is 0.195. The Morgan fingerprint density at radius 3 is 1.53 bits per heavy atom. The van der Waals surface area contributed by atoms with Crippen LogP contribution in [-0.4, -0.2) is 15.1 Å². The highest BCUT2D eigenvalue weighted by atomic mass is 16.5. The standard InChI is InChI=1S/C22H16N2O2.C15H10N2O2/c23-13-17-14-24-22-11-10-20(12-21(17)22)26-19-8-6-18(7-9-19)25-15-16-4-2-1-3-5-16;16-8-10-9-17-15-6-5-13(7-14(10)15)19-12-3-1-11(18)2-4-12/h1-12,14,24H,15H2;1-7,9,17-18H. The van der Waals surface area contributed by atoms with E-state index in [9.17, 15) is 5.11 Å². The van der Waals surface area contributed by atoms with Gasteiger partial charge in [0.15, 0.2) is 0 Å². The van der Waals surface area contributed by atoms with Gasteiger partial charge in [0, 0.05) is 34.2 Å². The van der Waals surface area contributed by atoms with Gasteiger partial charge in [-0.2, -0.15) is 10.5 Å².